The van der Waals surface area contributed by atoms with Crippen molar-refractivity contribution in [3.8, 4) is 0 Å². The molecule has 0 saturated carbocycles. The Hall–Kier alpha value is -1.54. The lowest BCUT2D eigenvalue weighted by atomic mass is 9.76. The Morgan fingerprint density at radius 1 is 1.10 bits per heavy atom. The van der Waals surface area contributed by atoms with Crippen molar-refractivity contribution in [2.45, 2.75) is 86.2 Å². The van der Waals surface area contributed by atoms with Crippen molar-refractivity contribution in [1.82, 2.24) is 0 Å². The molecule has 0 aliphatic carbocycles. The second-order valence-electron chi connectivity index (χ2n) is 9.11. The van der Waals surface area contributed by atoms with Crippen molar-refractivity contribution >= 4 is 20.2 Å². The molecule has 0 spiro atoms. The van der Waals surface area contributed by atoms with Gasteiger partial charge in [-0.25, -0.2) is 0 Å². The van der Waals surface area contributed by atoms with Crippen molar-refractivity contribution in [1.29, 1.82) is 0 Å². The Morgan fingerprint density at radius 2 is 1.67 bits per heavy atom. The number of hydrogen-bond acceptors (Lipinski definition) is 4. The summed E-state index contributed by atoms with van der Waals surface area (Å²) >= 11 is 0. The molecule has 4 nitrogen and oxygen atoms in total. The predicted molar refractivity (Wildman–Crippen MR) is 124 cm³/mol. The normalized spacial score (nSPS) is 15.6. The fraction of sp³-hybridized carbons (Fsp3) is 0.680. The molecule has 0 N–H and O–H groups in total. The molecule has 0 amide bonds. The first-order valence-corrected chi connectivity index (χ1v) is 12.0. The van der Waals surface area contributed by atoms with E-state index in [1.54, 1.807) is 6.92 Å². The van der Waals surface area contributed by atoms with Crippen molar-refractivity contribution in [2.24, 2.45) is 17.8 Å². The Balaban J connectivity index is 3.22. The van der Waals surface area contributed by atoms with E-state index in [2.05, 4.69) is 13.8 Å². The quantitative estimate of drug-likeness (QED) is 0.204. The smallest absolute Gasteiger partial charge is 0.324 e. The maximum absolute atomic E-state index is 13.6. The highest BCUT2D eigenvalue weighted by molar-refractivity contribution is 7.27. The van der Waals surface area contributed by atoms with Gasteiger partial charge in [0.25, 0.3) is 0 Å². The van der Waals surface area contributed by atoms with Crippen LogP contribution in [0.1, 0.15) is 87.4 Å². The number of carbonyl (C=O) groups excluding carboxylic acids is 2. The van der Waals surface area contributed by atoms with Crippen LogP contribution in [-0.4, -0.2) is 23.5 Å². The van der Waals surface area contributed by atoms with Gasteiger partial charge in [0.2, 0.25) is 0 Å². The summed E-state index contributed by atoms with van der Waals surface area (Å²) in [4.78, 5) is 26.7. The fourth-order valence-corrected chi connectivity index (χ4v) is 5.06. The summed E-state index contributed by atoms with van der Waals surface area (Å²) in [5.41, 5.74) is 3.47. The molecular weight excluding hydrogens is 395 g/mol. The van der Waals surface area contributed by atoms with Gasteiger partial charge in [-0.05, 0) is 57.1 Å². The number of rotatable bonds is 12. The summed E-state index contributed by atoms with van der Waals surface area (Å²) in [6.45, 7) is 15.7. The zero-order chi connectivity index (χ0) is 23.1. The molecule has 0 aliphatic rings. The number of benzene rings is 1. The lowest BCUT2D eigenvalue weighted by Gasteiger charge is -2.33. The van der Waals surface area contributed by atoms with Crippen molar-refractivity contribution in [2.75, 3.05) is 6.61 Å². The molecule has 0 bridgehead atoms. The van der Waals surface area contributed by atoms with Crippen LogP contribution in [0.15, 0.2) is 12.1 Å². The molecule has 30 heavy (non-hydrogen) atoms. The summed E-state index contributed by atoms with van der Waals surface area (Å²) in [7, 11) is -0.385. The molecule has 0 fully saturated rings. The van der Waals surface area contributed by atoms with Crippen molar-refractivity contribution < 1.29 is 18.9 Å². The fourth-order valence-electron chi connectivity index (χ4n) is 4.39. The Labute approximate surface area is 184 Å². The summed E-state index contributed by atoms with van der Waals surface area (Å²) in [5, 5.41) is -1.42. The predicted octanol–water partition coefficient (Wildman–Crippen LogP) is 6.88. The van der Waals surface area contributed by atoms with E-state index in [1.807, 2.05) is 46.8 Å². The molecule has 5 heteroatoms. The molecule has 0 aromatic heterocycles. The van der Waals surface area contributed by atoms with E-state index in [-0.39, 0.29) is 26.1 Å². The van der Waals surface area contributed by atoms with E-state index in [4.69, 9.17) is 4.74 Å². The number of carbonyl (C=O) groups is 2. The zero-order valence-corrected chi connectivity index (χ0v) is 20.9. The first kappa shape index (κ1) is 26.5. The summed E-state index contributed by atoms with van der Waals surface area (Å²) in [6, 6.07) is 3.95. The molecule has 3 atom stereocenters. The van der Waals surface area contributed by atoms with Crippen LogP contribution in [0.5, 0.6) is 0 Å². The molecule has 0 saturated heterocycles. The monoisotopic (exact) mass is 434 g/mol. The number of ether oxygens (including phenoxy) is 1. The number of Topliss-reactive ketones (excluding diaryl/α,β-unsaturated/α-hetero) is 1. The van der Waals surface area contributed by atoms with E-state index in [1.165, 1.54) is 0 Å². The third-order valence-electron chi connectivity index (χ3n) is 6.07. The van der Waals surface area contributed by atoms with Crippen LogP contribution < -0.4 is 0 Å². The average molecular weight is 435 g/mol. The average Bonchev–Trinajstić information content (AvgIpc) is 2.66. The third kappa shape index (κ3) is 6.23. The number of ketones is 1. The van der Waals surface area contributed by atoms with Crippen LogP contribution in [0, 0.1) is 38.5 Å². The number of hydrogen-bond donors (Lipinski definition) is 0. The van der Waals surface area contributed by atoms with E-state index < -0.39 is 17.0 Å². The minimum atomic E-state index is -1.42. The standard InChI is InChI=1S/C25H39O4P/c1-9-11-12-20(10-2)15-29-24(27)25(8,30-28)22(16(3)4)23(26)21-18(6)13-17(5)14-19(21)7/h13-14,16,20,22H,9-12,15H2,1-8H3. The van der Waals surface area contributed by atoms with Gasteiger partial charge < -0.3 is 4.74 Å². The Bertz CT molecular complexity index is 733. The topological polar surface area (TPSA) is 60.4 Å². The molecule has 1 rings (SSSR count). The van der Waals surface area contributed by atoms with Crippen LogP contribution in [0.2, 0.25) is 0 Å². The highest BCUT2D eigenvalue weighted by Crippen LogP contribution is 2.40. The van der Waals surface area contributed by atoms with E-state index in [9.17, 15) is 14.2 Å². The molecule has 1 aromatic carbocycles. The zero-order valence-electron chi connectivity index (χ0n) is 20.0. The van der Waals surface area contributed by atoms with Crippen LogP contribution in [0.3, 0.4) is 0 Å². The van der Waals surface area contributed by atoms with Crippen LogP contribution in [0.4, 0.5) is 0 Å². The summed E-state index contributed by atoms with van der Waals surface area (Å²) < 4.78 is 18.0. The van der Waals surface area contributed by atoms with E-state index >= 15 is 0 Å². The Kier molecular flexibility index (Phi) is 10.4. The second-order valence-corrected chi connectivity index (χ2v) is 10.2. The molecule has 168 valence electrons. The van der Waals surface area contributed by atoms with E-state index in [0.29, 0.717) is 12.2 Å². The van der Waals surface area contributed by atoms with Crippen molar-refractivity contribution in [3.63, 3.8) is 0 Å². The molecule has 0 heterocycles. The Morgan fingerprint density at radius 3 is 2.10 bits per heavy atom. The van der Waals surface area contributed by atoms with Gasteiger partial charge in [-0.15, -0.1) is 0 Å². The summed E-state index contributed by atoms with van der Waals surface area (Å²) in [6.07, 6.45) is 4.11. The lowest BCUT2D eigenvalue weighted by Crippen LogP contribution is -2.46. The first-order valence-electron chi connectivity index (χ1n) is 11.2. The maximum Gasteiger partial charge on any atom is 0.324 e. The van der Waals surface area contributed by atoms with Crippen LogP contribution in [0.25, 0.3) is 0 Å². The SMILES string of the molecule is CCCCC(CC)COC(=O)C(C)(P=O)C(C(=O)c1c(C)cc(C)cc1C)C(C)C. The first-order chi connectivity index (χ1) is 14.0. The minimum absolute atomic E-state index is 0.138. The lowest BCUT2D eigenvalue weighted by molar-refractivity contribution is -0.149. The number of esters is 1. The van der Waals surface area contributed by atoms with Gasteiger partial charge in [-0.2, -0.15) is 0 Å². The molecule has 0 aliphatic heterocycles. The number of aryl methyl sites for hydroxylation is 3. The second kappa shape index (κ2) is 11.7. The molecular formula is C25H39O4P. The van der Waals surface area contributed by atoms with Gasteiger partial charge in [-0.1, -0.05) is 64.7 Å². The van der Waals surface area contributed by atoms with Gasteiger partial charge in [0.05, 0.1) is 12.5 Å². The highest BCUT2D eigenvalue weighted by Gasteiger charge is 2.50. The maximum atomic E-state index is 13.6. The van der Waals surface area contributed by atoms with Gasteiger partial charge in [-0.3, -0.25) is 14.2 Å². The van der Waals surface area contributed by atoms with Gasteiger partial charge in [0.1, 0.15) is 0 Å². The van der Waals surface area contributed by atoms with Gasteiger partial charge in [0.15, 0.2) is 19.4 Å². The van der Waals surface area contributed by atoms with Crippen molar-refractivity contribution in [3.05, 3.63) is 34.4 Å². The van der Waals surface area contributed by atoms with E-state index in [0.717, 1.165) is 42.4 Å². The molecule has 0 radical (unpaired) electrons. The highest BCUT2D eigenvalue weighted by atomic mass is 31.1. The van der Waals surface area contributed by atoms with Crippen LogP contribution >= 0.6 is 8.46 Å². The third-order valence-corrected chi connectivity index (χ3v) is 6.91. The number of unbranched alkanes of at least 4 members (excludes halogenated alkanes) is 1. The molecule has 3 unspecified atom stereocenters. The molecule has 1 aromatic rings. The van der Waals surface area contributed by atoms with Crippen LogP contribution in [-0.2, 0) is 14.1 Å². The summed E-state index contributed by atoms with van der Waals surface area (Å²) in [5.74, 6) is -1.31. The largest absolute Gasteiger partial charge is 0.464 e. The minimum Gasteiger partial charge on any atom is -0.464 e. The van der Waals surface area contributed by atoms with Gasteiger partial charge in [0, 0.05) is 5.56 Å². The van der Waals surface area contributed by atoms with Gasteiger partial charge >= 0.3 is 5.97 Å².